The first-order valence-electron chi connectivity index (χ1n) is 12.5. The molecule has 204 valence electrons. The van der Waals surface area contributed by atoms with Gasteiger partial charge in [0, 0.05) is 63.1 Å². The predicted molar refractivity (Wildman–Crippen MR) is 150 cm³/mol. The molecule has 0 amide bonds. The summed E-state index contributed by atoms with van der Waals surface area (Å²) in [4.78, 5) is 18.5. The van der Waals surface area contributed by atoms with Gasteiger partial charge in [-0.05, 0) is 17.7 Å². The molecule has 11 heteroatoms. The Kier molecular flexibility index (Phi) is 8.30. The predicted octanol–water partition coefficient (Wildman–Crippen LogP) is 6.67. The number of aliphatic imine (C=N–C) groups is 1. The number of piperidine rings is 1. The number of nitrogens with one attached hydrogen (secondary N) is 1. The van der Waals surface area contributed by atoms with Crippen molar-refractivity contribution in [3.63, 3.8) is 0 Å². The number of halogens is 4. The molecule has 1 aliphatic rings. The highest BCUT2D eigenvalue weighted by molar-refractivity contribution is 6.37. The maximum atomic E-state index is 13.5. The van der Waals surface area contributed by atoms with E-state index in [4.69, 9.17) is 37.7 Å². The van der Waals surface area contributed by atoms with Gasteiger partial charge in [0.25, 0.3) is 5.92 Å². The van der Waals surface area contributed by atoms with Gasteiger partial charge in [-0.25, -0.2) is 8.78 Å². The molecular weight excluding hydrogens is 547 g/mol. The summed E-state index contributed by atoms with van der Waals surface area (Å²) in [6.45, 7) is 1.72. The van der Waals surface area contributed by atoms with Crippen LogP contribution in [0.3, 0.4) is 0 Å². The average Bonchev–Trinajstić information content (AvgIpc) is 3.32. The molecule has 0 saturated carbocycles. The van der Waals surface area contributed by atoms with Gasteiger partial charge in [0.05, 0.1) is 21.1 Å². The molecule has 2 aromatic carbocycles. The Morgan fingerprint density at radius 3 is 2.59 bits per heavy atom. The van der Waals surface area contributed by atoms with E-state index in [1.54, 1.807) is 31.6 Å². The van der Waals surface area contributed by atoms with E-state index in [0.717, 1.165) is 11.1 Å². The summed E-state index contributed by atoms with van der Waals surface area (Å²) >= 11 is 13.2. The van der Waals surface area contributed by atoms with Gasteiger partial charge in [0.15, 0.2) is 0 Å². The van der Waals surface area contributed by atoms with Crippen LogP contribution in [-0.2, 0) is 6.61 Å². The maximum absolute atomic E-state index is 13.5. The van der Waals surface area contributed by atoms with Crippen LogP contribution in [0, 0.1) is 0 Å². The summed E-state index contributed by atoms with van der Waals surface area (Å²) in [7, 11) is 1.68. The Morgan fingerprint density at radius 1 is 1.08 bits per heavy atom. The lowest BCUT2D eigenvalue weighted by atomic mass is 10.1. The van der Waals surface area contributed by atoms with E-state index in [9.17, 15) is 8.78 Å². The van der Waals surface area contributed by atoms with Gasteiger partial charge < -0.3 is 14.5 Å². The Morgan fingerprint density at radius 2 is 1.85 bits per heavy atom. The van der Waals surface area contributed by atoms with E-state index < -0.39 is 5.92 Å². The van der Waals surface area contributed by atoms with Crippen molar-refractivity contribution in [2.24, 2.45) is 4.99 Å². The smallest absolute Gasteiger partial charge is 0.319 e. The number of aromatic amines is 1. The van der Waals surface area contributed by atoms with Crippen LogP contribution in [0.5, 0.6) is 11.8 Å². The van der Waals surface area contributed by atoms with Crippen LogP contribution >= 0.6 is 23.2 Å². The van der Waals surface area contributed by atoms with Crippen molar-refractivity contribution >= 4 is 40.4 Å². The van der Waals surface area contributed by atoms with Crippen LogP contribution in [0.25, 0.3) is 22.3 Å². The molecule has 7 nitrogen and oxygen atoms in total. The van der Waals surface area contributed by atoms with Gasteiger partial charge >= 0.3 is 6.01 Å². The summed E-state index contributed by atoms with van der Waals surface area (Å²) in [5.74, 6) is -2.13. The Balaban J connectivity index is 1.44. The summed E-state index contributed by atoms with van der Waals surface area (Å²) < 4.78 is 38.9. The number of rotatable bonds is 9. The Bertz CT molecular complexity index is 1470. The molecule has 0 radical (unpaired) electrons. The van der Waals surface area contributed by atoms with E-state index in [0.29, 0.717) is 64.3 Å². The number of hydrogen-bond acceptors (Lipinski definition) is 6. The van der Waals surface area contributed by atoms with Gasteiger partial charge in [0.1, 0.15) is 24.6 Å². The maximum Gasteiger partial charge on any atom is 0.319 e. The van der Waals surface area contributed by atoms with Crippen LogP contribution in [0.4, 0.5) is 8.78 Å². The molecule has 2 aromatic heterocycles. The minimum Gasteiger partial charge on any atom is -0.487 e. The highest BCUT2D eigenvalue weighted by Gasteiger charge is 2.33. The second-order valence-electron chi connectivity index (χ2n) is 9.29. The summed E-state index contributed by atoms with van der Waals surface area (Å²) in [6, 6.07) is 13.3. The van der Waals surface area contributed by atoms with Gasteiger partial charge in [-0.3, -0.25) is 9.89 Å². The number of likely N-dealkylation sites (tertiary alicyclic amines) is 1. The van der Waals surface area contributed by atoms with Gasteiger partial charge in [0.2, 0.25) is 0 Å². The van der Waals surface area contributed by atoms with Crippen molar-refractivity contribution in [1.29, 1.82) is 0 Å². The third-order valence-electron chi connectivity index (χ3n) is 6.55. The number of hydrogen-bond donors (Lipinski definition) is 1. The van der Waals surface area contributed by atoms with Crippen LogP contribution in [0.1, 0.15) is 24.0 Å². The molecule has 1 saturated heterocycles. The molecule has 1 N–H and O–H groups in total. The van der Waals surface area contributed by atoms with Crippen LogP contribution in [0.15, 0.2) is 53.7 Å². The molecule has 4 aromatic rings. The molecule has 3 heterocycles. The normalized spacial score (nSPS) is 15.7. The number of benzene rings is 2. The zero-order chi connectivity index (χ0) is 27.4. The number of aromatic nitrogens is 3. The Labute approximate surface area is 234 Å². The minimum atomic E-state index is -2.59. The summed E-state index contributed by atoms with van der Waals surface area (Å²) in [6.07, 6.45) is 3.19. The van der Waals surface area contributed by atoms with E-state index in [1.165, 1.54) is 0 Å². The monoisotopic (exact) mass is 573 g/mol. The van der Waals surface area contributed by atoms with Gasteiger partial charge in [-0.1, -0.05) is 53.5 Å². The lowest BCUT2D eigenvalue weighted by Gasteiger charge is -2.31. The highest BCUT2D eigenvalue weighted by atomic mass is 35.5. The number of alkyl halides is 2. The minimum absolute atomic E-state index is 0.138. The molecular formula is C28H27Cl2F2N5O2. The third-order valence-corrected chi connectivity index (χ3v) is 7.16. The SMILES string of the molecule is CN=Cc1c[nH]c2nc(OCCN3CCC(F)(F)CC3)nc(-c3cc(OCc4ccccc4)c(Cl)cc3Cl)c12. The highest BCUT2D eigenvalue weighted by Crippen LogP contribution is 2.40. The van der Waals surface area contributed by atoms with Crippen LogP contribution in [0.2, 0.25) is 10.0 Å². The number of H-pyrrole nitrogens is 1. The second-order valence-corrected chi connectivity index (χ2v) is 10.1. The average molecular weight is 574 g/mol. The molecule has 0 spiro atoms. The van der Waals surface area contributed by atoms with Gasteiger partial charge in [-0.15, -0.1) is 0 Å². The van der Waals surface area contributed by atoms with E-state index >= 15 is 0 Å². The lowest BCUT2D eigenvalue weighted by molar-refractivity contribution is -0.0565. The standard InChI is InChI=1S/C28H27Cl2F2N5O2/c1-33-15-19-16-34-26-24(19)25(35-27(36-26)38-12-11-37-9-7-28(31,32)8-10-37)20-13-23(22(30)14-21(20)29)39-17-18-5-3-2-4-6-18/h2-6,13-16H,7-12,17H2,1H3,(H,34,35,36). The number of fused-ring (bicyclic) bond motifs is 1. The first-order valence-corrected chi connectivity index (χ1v) is 13.3. The third kappa shape index (κ3) is 6.49. The molecule has 0 unspecified atom stereocenters. The zero-order valence-electron chi connectivity index (χ0n) is 21.3. The van der Waals surface area contributed by atoms with Crippen molar-refractivity contribution in [2.75, 3.05) is 33.3 Å². The number of nitrogens with zero attached hydrogens (tertiary/aromatic N) is 4. The van der Waals surface area contributed by atoms with E-state index in [-0.39, 0.29) is 25.5 Å². The molecule has 5 rings (SSSR count). The summed E-state index contributed by atoms with van der Waals surface area (Å²) in [5.41, 5.74) is 3.43. The quantitative estimate of drug-likeness (QED) is 0.226. The fourth-order valence-electron chi connectivity index (χ4n) is 4.46. The van der Waals surface area contributed by atoms with Crippen molar-refractivity contribution in [1.82, 2.24) is 19.9 Å². The van der Waals surface area contributed by atoms with Gasteiger partial charge in [-0.2, -0.15) is 9.97 Å². The first-order chi connectivity index (χ1) is 18.8. The zero-order valence-corrected chi connectivity index (χ0v) is 22.8. The van der Waals surface area contributed by atoms with E-state index in [2.05, 4.69) is 15.0 Å². The number of ether oxygens (including phenoxy) is 2. The Hall–Kier alpha value is -3.27. The fraction of sp³-hybridized carbons (Fsp3) is 0.321. The fourth-order valence-corrected chi connectivity index (χ4v) is 4.99. The lowest BCUT2D eigenvalue weighted by Crippen LogP contribution is -2.41. The molecule has 0 aliphatic carbocycles. The molecule has 0 bridgehead atoms. The van der Waals surface area contributed by atoms with Crippen molar-refractivity contribution in [3.8, 4) is 23.0 Å². The molecule has 1 fully saturated rings. The summed E-state index contributed by atoms with van der Waals surface area (Å²) in [5, 5.41) is 1.47. The topological polar surface area (TPSA) is 75.6 Å². The van der Waals surface area contributed by atoms with E-state index in [1.807, 2.05) is 35.2 Å². The molecule has 1 aliphatic heterocycles. The first kappa shape index (κ1) is 27.3. The van der Waals surface area contributed by atoms with Crippen LogP contribution in [-0.4, -0.2) is 65.3 Å². The van der Waals surface area contributed by atoms with Crippen LogP contribution < -0.4 is 9.47 Å². The second kappa shape index (κ2) is 11.9. The largest absolute Gasteiger partial charge is 0.487 e. The molecule has 39 heavy (non-hydrogen) atoms. The van der Waals surface area contributed by atoms with Crippen molar-refractivity contribution in [3.05, 3.63) is 69.8 Å². The van der Waals surface area contributed by atoms with Crippen molar-refractivity contribution in [2.45, 2.75) is 25.4 Å². The van der Waals surface area contributed by atoms with Crippen molar-refractivity contribution < 1.29 is 18.3 Å². The molecule has 0 atom stereocenters.